The van der Waals surface area contributed by atoms with Gasteiger partial charge in [-0.05, 0) is 30.3 Å². The van der Waals surface area contributed by atoms with E-state index in [9.17, 15) is 9.59 Å². The zero-order chi connectivity index (χ0) is 17.7. The van der Waals surface area contributed by atoms with Gasteiger partial charge in [-0.25, -0.2) is 0 Å². The van der Waals surface area contributed by atoms with Crippen LogP contribution in [0.3, 0.4) is 0 Å². The predicted molar refractivity (Wildman–Crippen MR) is 99.2 cm³/mol. The number of anilines is 2. The second kappa shape index (κ2) is 8.38. The molecule has 0 aliphatic rings. The Kier molecular flexibility index (Phi) is 6.49. The number of carbonyl (C=O) groups excluding carboxylic acids is 2. The summed E-state index contributed by atoms with van der Waals surface area (Å²) in [5.74, 6) is -0.457. The van der Waals surface area contributed by atoms with E-state index >= 15 is 0 Å². The summed E-state index contributed by atoms with van der Waals surface area (Å²) in [4.78, 5) is 25.4. The Balaban J connectivity index is 2.05. The molecule has 1 N–H and O–H groups in total. The molecule has 0 bridgehead atoms. The highest BCUT2D eigenvalue weighted by Crippen LogP contribution is 2.26. The predicted octanol–water partition coefficient (Wildman–Crippen LogP) is 5.03. The highest BCUT2D eigenvalue weighted by atomic mass is 35.5. The van der Waals surface area contributed by atoms with Crippen LogP contribution in [0.1, 0.15) is 13.3 Å². The molecule has 7 heteroatoms. The lowest BCUT2D eigenvalue weighted by Crippen LogP contribution is -2.32. The van der Waals surface area contributed by atoms with E-state index in [0.29, 0.717) is 26.4 Å². The normalized spacial score (nSPS) is 10.3. The number of carbonyl (C=O) groups is 2. The van der Waals surface area contributed by atoms with Gasteiger partial charge in [0.25, 0.3) is 0 Å². The molecule has 0 spiro atoms. The first kappa shape index (κ1) is 18.6. The van der Waals surface area contributed by atoms with Gasteiger partial charge in [-0.3, -0.25) is 9.59 Å². The fourth-order valence-corrected chi connectivity index (χ4v) is 2.85. The minimum absolute atomic E-state index is 0.106. The summed E-state index contributed by atoms with van der Waals surface area (Å²) < 4.78 is 0. The van der Waals surface area contributed by atoms with E-state index in [4.69, 9.17) is 34.8 Å². The van der Waals surface area contributed by atoms with Crippen LogP contribution in [0.25, 0.3) is 0 Å². The summed E-state index contributed by atoms with van der Waals surface area (Å²) >= 11 is 17.9. The number of halogens is 3. The van der Waals surface area contributed by atoms with Crippen LogP contribution < -0.4 is 10.2 Å². The number of nitrogens with one attached hydrogen (secondary N) is 1. The van der Waals surface area contributed by atoms with E-state index in [-0.39, 0.29) is 24.8 Å². The van der Waals surface area contributed by atoms with E-state index in [0.717, 1.165) is 0 Å². The smallest absolute Gasteiger partial charge is 0.226 e. The first-order valence-electron chi connectivity index (χ1n) is 7.15. The summed E-state index contributed by atoms with van der Waals surface area (Å²) in [5.41, 5.74) is 1.08. The largest absolute Gasteiger partial charge is 0.325 e. The minimum Gasteiger partial charge on any atom is -0.325 e. The monoisotopic (exact) mass is 384 g/mol. The van der Waals surface area contributed by atoms with Crippen LogP contribution in [0.4, 0.5) is 11.4 Å². The number of amides is 2. The van der Waals surface area contributed by atoms with Gasteiger partial charge in [0.1, 0.15) is 0 Å². The number of nitrogens with zero attached hydrogens (tertiary/aromatic N) is 1. The van der Waals surface area contributed by atoms with Crippen molar-refractivity contribution in [3.8, 4) is 0 Å². The van der Waals surface area contributed by atoms with E-state index < -0.39 is 0 Å². The minimum atomic E-state index is -0.248. The van der Waals surface area contributed by atoms with Crippen molar-refractivity contribution < 1.29 is 9.59 Å². The van der Waals surface area contributed by atoms with Gasteiger partial charge in [-0.15, -0.1) is 0 Å². The molecule has 0 radical (unpaired) electrons. The van der Waals surface area contributed by atoms with E-state index in [1.165, 1.54) is 11.8 Å². The lowest BCUT2D eigenvalue weighted by Gasteiger charge is -2.21. The molecular formula is C17H15Cl3N2O2. The molecule has 0 heterocycles. The van der Waals surface area contributed by atoms with Crippen LogP contribution in [0.2, 0.25) is 15.1 Å². The van der Waals surface area contributed by atoms with E-state index in [1.54, 1.807) is 42.5 Å². The number of hydrogen-bond acceptors (Lipinski definition) is 2. The first-order chi connectivity index (χ1) is 11.4. The summed E-state index contributed by atoms with van der Waals surface area (Å²) in [7, 11) is 0. The van der Waals surface area contributed by atoms with E-state index in [1.807, 2.05) is 0 Å². The maximum absolute atomic E-state index is 12.1. The van der Waals surface area contributed by atoms with Crippen LogP contribution in [-0.4, -0.2) is 18.4 Å². The average molecular weight is 386 g/mol. The fraction of sp³-hybridized carbons (Fsp3) is 0.176. The van der Waals surface area contributed by atoms with Gasteiger partial charge >= 0.3 is 0 Å². The molecule has 126 valence electrons. The molecule has 2 aromatic rings. The summed E-state index contributed by atoms with van der Waals surface area (Å²) in [6.45, 7) is 1.61. The Morgan fingerprint density at radius 3 is 2.25 bits per heavy atom. The fourth-order valence-electron chi connectivity index (χ4n) is 2.15. The Hall–Kier alpha value is -1.75. The van der Waals surface area contributed by atoms with Crippen molar-refractivity contribution in [3.63, 3.8) is 0 Å². The van der Waals surface area contributed by atoms with Crippen molar-refractivity contribution in [1.82, 2.24) is 0 Å². The van der Waals surface area contributed by atoms with Crippen LogP contribution in [-0.2, 0) is 9.59 Å². The lowest BCUT2D eigenvalue weighted by atomic mass is 10.2. The van der Waals surface area contributed by atoms with Crippen molar-refractivity contribution in [3.05, 3.63) is 57.5 Å². The zero-order valence-corrected chi connectivity index (χ0v) is 15.1. The third-order valence-corrected chi connectivity index (χ3v) is 4.02. The van der Waals surface area contributed by atoms with Gasteiger partial charge in [0.15, 0.2) is 0 Å². The Labute approximate surface area is 155 Å². The molecule has 0 aromatic heterocycles. The highest BCUT2D eigenvalue weighted by molar-refractivity contribution is 6.35. The van der Waals surface area contributed by atoms with Gasteiger partial charge in [-0.2, -0.15) is 0 Å². The van der Waals surface area contributed by atoms with Crippen molar-refractivity contribution >= 4 is 58.0 Å². The average Bonchev–Trinajstić information content (AvgIpc) is 2.48. The molecule has 2 amide bonds. The molecule has 4 nitrogen and oxygen atoms in total. The highest BCUT2D eigenvalue weighted by Gasteiger charge is 2.15. The number of hydrogen-bond donors (Lipinski definition) is 1. The Morgan fingerprint density at radius 1 is 1.04 bits per heavy atom. The van der Waals surface area contributed by atoms with Gasteiger partial charge in [0, 0.05) is 35.6 Å². The van der Waals surface area contributed by atoms with Gasteiger partial charge in [0.2, 0.25) is 11.8 Å². The number of rotatable bonds is 5. The third-order valence-electron chi connectivity index (χ3n) is 3.25. The molecule has 0 aliphatic heterocycles. The molecule has 0 saturated carbocycles. The van der Waals surface area contributed by atoms with Gasteiger partial charge < -0.3 is 10.2 Å². The molecule has 0 aliphatic carbocycles. The zero-order valence-electron chi connectivity index (χ0n) is 12.9. The van der Waals surface area contributed by atoms with Gasteiger partial charge in [-0.1, -0.05) is 46.9 Å². The number of benzene rings is 2. The van der Waals surface area contributed by atoms with Crippen LogP contribution >= 0.6 is 34.8 Å². The van der Waals surface area contributed by atoms with E-state index in [2.05, 4.69) is 5.32 Å². The van der Waals surface area contributed by atoms with Crippen LogP contribution in [0.5, 0.6) is 0 Å². The third kappa shape index (κ3) is 5.13. The molecule has 2 aromatic carbocycles. The molecule has 0 saturated heterocycles. The molecular weight excluding hydrogens is 371 g/mol. The lowest BCUT2D eigenvalue weighted by molar-refractivity contribution is -0.117. The van der Waals surface area contributed by atoms with Crippen LogP contribution in [0.15, 0.2) is 42.5 Å². The molecule has 24 heavy (non-hydrogen) atoms. The second-order valence-corrected chi connectivity index (χ2v) is 6.36. The van der Waals surface area contributed by atoms with Crippen molar-refractivity contribution in [2.45, 2.75) is 13.3 Å². The topological polar surface area (TPSA) is 49.4 Å². The molecule has 0 unspecified atom stereocenters. The molecule has 0 atom stereocenters. The van der Waals surface area contributed by atoms with Crippen molar-refractivity contribution in [2.75, 3.05) is 16.8 Å². The molecule has 2 rings (SSSR count). The standard InChI is InChI=1S/C17H15Cl3N2O2/c1-11(23)22(14-9-12(18)8-13(19)10-14)7-6-17(24)21-16-5-3-2-4-15(16)20/h2-5,8-10H,6-7H2,1H3,(H,21,24). The summed E-state index contributed by atoms with van der Waals surface area (Å²) in [6.07, 6.45) is 0.106. The maximum atomic E-state index is 12.1. The van der Waals surface area contributed by atoms with Gasteiger partial charge in [0.05, 0.1) is 10.7 Å². The van der Waals surface area contributed by atoms with Crippen LogP contribution in [0, 0.1) is 0 Å². The summed E-state index contributed by atoms with van der Waals surface area (Å²) in [6, 6.07) is 11.8. The molecule has 0 fully saturated rings. The number of para-hydroxylation sites is 1. The maximum Gasteiger partial charge on any atom is 0.226 e. The first-order valence-corrected chi connectivity index (χ1v) is 8.29. The SMILES string of the molecule is CC(=O)N(CCC(=O)Nc1ccccc1Cl)c1cc(Cl)cc(Cl)c1. The van der Waals surface area contributed by atoms with Crippen molar-refractivity contribution in [2.24, 2.45) is 0 Å². The summed E-state index contributed by atoms with van der Waals surface area (Å²) in [5, 5.41) is 4.01. The second-order valence-electron chi connectivity index (χ2n) is 5.08. The van der Waals surface area contributed by atoms with Crippen molar-refractivity contribution in [1.29, 1.82) is 0 Å². The quantitative estimate of drug-likeness (QED) is 0.785. The Morgan fingerprint density at radius 2 is 1.67 bits per heavy atom. The Bertz CT molecular complexity index is 745.